The molecule has 1 N–H and O–H groups in total. The summed E-state index contributed by atoms with van der Waals surface area (Å²) in [6.07, 6.45) is 3.52. The lowest BCUT2D eigenvalue weighted by Gasteiger charge is -2.30. The molecule has 0 aliphatic carbocycles. The van der Waals surface area contributed by atoms with Gasteiger partial charge in [-0.3, -0.25) is 0 Å². The molecule has 1 aliphatic rings. The second kappa shape index (κ2) is 7.71. The molecule has 1 atom stereocenters. The highest BCUT2D eigenvalue weighted by Gasteiger charge is 2.23. The molecule has 0 spiro atoms. The molecule has 118 valence electrons. The average Bonchev–Trinajstić information content (AvgIpc) is 2.60. The first kappa shape index (κ1) is 16.2. The van der Waals surface area contributed by atoms with Crippen LogP contribution in [0.4, 0.5) is 10.2 Å². The van der Waals surface area contributed by atoms with Crippen molar-refractivity contribution >= 4 is 5.82 Å². The standard InChI is InChI=1S/C16H27FN4/c1-4-6-18-10-14-9-15(17)11-19-16(14)21-8-5-7-20(3)12-13(21)2/h9,11,13,18H,4-8,10,12H2,1-3H3. The molecule has 0 saturated carbocycles. The summed E-state index contributed by atoms with van der Waals surface area (Å²) < 4.78 is 13.5. The minimum atomic E-state index is -0.258. The topological polar surface area (TPSA) is 31.4 Å². The van der Waals surface area contributed by atoms with E-state index in [1.807, 2.05) is 0 Å². The van der Waals surface area contributed by atoms with Crippen LogP contribution in [0, 0.1) is 5.82 Å². The molecule has 1 aromatic rings. The number of pyridine rings is 1. The van der Waals surface area contributed by atoms with E-state index in [1.54, 1.807) is 6.07 Å². The van der Waals surface area contributed by atoms with E-state index in [9.17, 15) is 4.39 Å². The Morgan fingerprint density at radius 2 is 2.24 bits per heavy atom. The van der Waals surface area contributed by atoms with Crippen molar-refractivity contribution in [2.24, 2.45) is 0 Å². The summed E-state index contributed by atoms with van der Waals surface area (Å²) in [5, 5.41) is 3.35. The van der Waals surface area contributed by atoms with E-state index in [0.717, 1.165) is 50.4 Å². The van der Waals surface area contributed by atoms with Gasteiger partial charge in [0.2, 0.25) is 0 Å². The summed E-state index contributed by atoms with van der Waals surface area (Å²) in [5.41, 5.74) is 0.958. The van der Waals surface area contributed by atoms with Crippen LogP contribution in [0.3, 0.4) is 0 Å². The van der Waals surface area contributed by atoms with Gasteiger partial charge in [-0.15, -0.1) is 0 Å². The molecular weight excluding hydrogens is 267 g/mol. The zero-order valence-corrected chi connectivity index (χ0v) is 13.4. The van der Waals surface area contributed by atoms with E-state index < -0.39 is 0 Å². The zero-order valence-electron chi connectivity index (χ0n) is 13.4. The van der Waals surface area contributed by atoms with E-state index in [-0.39, 0.29) is 5.82 Å². The monoisotopic (exact) mass is 294 g/mol. The van der Waals surface area contributed by atoms with Gasteiger partial charge in [-0.25, -0.2) is 9.37 Å². The Balaban J connectivity index is 2.20. The number of halogens is 1. The van der Waals surface area contributed by atoms with Gasteiger partial charge in [-0.05, 0) is 46.0 Å². The van der Waals surface area contributed by atoms with Crippen molar-refractivity contribution in [1.82, 2.24) is 15.2 Å². The summed E-state index contributed by atoms with van der Waals surface area (Å²) in [6, 6.07) is 2.01. The number of likely N-dealkylation sites (N-methyl/N-ethyl adjacent to an activating group) is 1. The fraction of sp³-hybridized carbons (Fsp3) is 0.688. The molecular formula is C16H27FN4. The van der Waals surface area contributed by atoms with E-state index in [4.69, 9.17) is 0 Å². The van der Waals surface area contributed by atoms with Gasteiger partial charge in [0.15, 0.2) is 0 Å². The van der Waals surface area contributed by atoms with Gasteiger partial charge in [0, 0.05) is 31.2 Å². The molecule has 21 heavy (non-hydrogen) atoms. The highest BCUT2D eigenvalue weighted by atomic mass is 19.1. The fourth-order valence-electron chi connectivity index (χ4n) is 2.95. The van der Waals surface area contributed by atoms with Gasteiger partial charge in [0.05, 0.1) is 6.20 Å². The van der Waals surface area contributed by atoms with Crippen molar-refractivity contribution in [3.05, 3.63) is 23.6 Å². The highest BCUT2D eigenvalue weighted by Crippen LogP contribution is 2.23. The molecule has 1 fully saturated rings. The molecule has 1 saturated heterocycles. The van der Waals surface area contributed by atoms with Crippen LogP contribution in [0.5, 0.6) is 0 Å². The van der Waals surface area contributed by atoms with Gasteiger partial charge in [-0.1, -0.05) is 6.92 Å². The third-order valence-corrected chi connectivity index (χ3v) is 3.97. The highest BCUT2D eigenvalue weighted by molar-refractivity contribution is 5.48. The van der Waals surface area contributed by atoms with Crippen LogP contribution in [0.25, 0.3) is 0 Å². The Morgan fingerprint density at radius 3 is 3.00 bits per heavy atom. The number of hydrogen-bond donors (Lipinski definition) is 1. The van der Waals surface area contributed by atoms with Crippen molar-refractivity contribution in [3.63, 3.8) is 0 Å². The number of aromatic nitrogens is 1. The van der Waals surface area contributed by atoms with Crippen molar-refractivity contribution in [2.45, 2.75) is 39.3 Å². The second-order valence-corrected chi connectivity index (χ2v) is 5.97. The third kappa shape index (κ3) is 4.38. The molecule has 2 heterocycles. The van der Waals surface area contributed by atoms with Crippen LogP contribution in [-0.4, -0.2) is 49.2 Å². The van der Waals surface area contributed by atoms with E-state index in [2.05, 4.69) is 41.0 Å². The summed E-state index contributed by atoms with van der Waals surface area (Å²) >= 11 is 0. The number of nitrogens with one attached hydrogen (secondary N) is 1. The van der Waals surface area contributed by atoms with Gasteiger partial charge in [-0.2, -0.15) is 0 Å². The zero-order chi connectivity index (χ0) is 15.2. The van der Waals surface area contributed by atoms with E-state index in [1.165, 1.54) is 6.20 Å². The van der Waals surface area contributed by atoms with Gasteiger partial charge in [0.1, 0.15) is 11.6 Å². The first-order chi connectivity index (χ1) is 10.1. The Hall–Kier alpha value is -1.20. The molecule has 0 radical (unpaired) electrons. The van der Waals surface area contributed by atoms with Crippen LogP contribution in [0.2, 0.25) is 0 Å². The van der Waals surface area contributed by atoms with Crippen LogP contribution in [-0.2, 0) is 6.54 Å². The number of anilines is 1. The molecule has 2 rings (SSSR count). The van der Waals surface area contributed by atoms with Crippen LogP contribution in [0.15, 0.2) is 12.3 Å². The molecule has 0 bridgehead atoms. The SMILES string of the molecule is CCCNCc1cc(F)cnc1N1CCCN(C)CC1C. The molecule has 0 aromatic carbocycles. The second-order valence-electron chi connectivity index (χ2n) is 5.97. The van der Waals surface area contributed by atoms with Crippen molar-refractivity contribution < 1.29 is 4.39 Å². The molecule has 4 nitrogen and oxygen atoms in total. The Kier molecular flexibility index (Phi) is 5.94. The summed E-state index contributed by atoms with van der Waals surface area (Å²) in [4.78, 5) is 9.07. The molecule has 5 heteroatoms. The minimum Gasteiger partial charge on any atom is -0.352 e. The third-order valence-electron chi connectivity index (χ3n) is 3.97. The maximum absolute atomic E-state index is 13.5. The smallest absolute Gasteiger partial charge is 0.141 e. The van der Waals surface area contributed by atoms with Gasteiger partial charge < -0.3 is 15.1 Å². The lowest BCUT2D eigenvalue weighted by molar-refractivity contribution is 0.337. The lowest BCUT2D eigenvalue weighted by Crippen LogP contribution is -2.39. The molecule has 1 unspecified atom stereocenters. The quantitative estimate of drug-likeness (QED) is 0.844. The van der Waals surface area contributed by atoms with Gasteiger partial charge in [0.25, 0.3) is 0 Å². The average molecular weight is 294 g/mol. The van der Waals surface area contributed by atoms with Gasteiger partial charge >= 0.3 is 0 Å². The number of rotatable bonds is 5. The van der Waals surface area contributed by atoms with Crippen molar-refractivity contribution in [1.29, 1.82) is 0 Å². The summed E-state index contributed by atoms with van der Waals surface area (Å²) in [5.74, 6) is 0.675. The fourth-order valence-corrected chi connectivity index (χ4v) is 2.95. The molecule has 1 aromatic heterocycles. The predicted octanol–water partition coefficient (Wildman–Crippen LogP) is 2.25. The molecule has 1 aliphatic heterocycles. The first-order valence-electron chi connectivity index (χ1n) is 7.92. The van der Waals surface area contributed by atoms with Crippen molar-refractivity contribution in [3.8, 4) is 0 Å². The normalized spacial score (nSPS) is 20.6. The lowest BCUT2D eigenvalue weighted by atomic mass is 10.2. The Labute approximate surface area is 127 Å². The minimum absolute atomic E-state index is 0.258. The maximum Gasteiger partial charge on any atom is 0.141 e. The van der Waals surface area contributed by atoms with E-state index in [0.29, 0.717) is 12.6 Å². The number of hydrogen-bond acceptors (Lipinski definition) is 4. The first-order valence-corrected chi connectivity index (χ1v) is 7.92. The maximum atomic E-state index is 13.5. The van der Waals surface area contributed by atoms with Crippen LogP contribution < -0.4 is 10.2 Å². The van der Waals surface area contributed by atoms with E-state index >= 15 is 0 Å². The number of nitrogens with zero attached hydrogens (tertiary/aromatic N) is 3. The Morgan fingerprint density at radius 1 is 1.43 bits per heavy atom. The van der Waals surface area contributed by atoms with Crippen molar-refractivity contribution in [2.75, 3.05) is 38.1 Å². The largest absolute Gasteiger partial charge is 0.352 e. The summed E-state index contributed by atoms with van der Waals surface area (Å²) in [6.45, 7) is 9.05. The summed E-state index contributed by atoms with van der Waals surface area (Å²) in [7, 11) is 2.15. The van der Waals surface area contributed by atoms with Crippen LogP contribution >= 0.6 is 0 Å². The predicted molar refractivity (Wildman–Crippen MR) is 85.1 cm³/mol. The molecule has 0 amide bonds. The Bertz CT molecular complexity index is 452. The van der Waals surface area contributed by atoms with Crippen LogP contribution in [0.1, 0.15) is 32.3 Å².